The molecule has 1 aliphatic heterocycles. The molecule has 0 aliphatic carbocycles. The molecule has 0 radical (unpaired) electrons. The first-order valence-electron chi connectivity index (χ1n) is 2.94. The van der Waals surface area contributed by atoms with E-state index in [2.05, 4.69) is 5.32 Å². The van der Waals surface area contributed by atoms with Crippen LogP contribution in [0, 0.1) is 0 Å². The maximum Gasteiger partial charge on any atom is 0.0680 e. The summed E-state index contributed by atoms with van der Waals surface area (Å²) in [7, 11) is 0. The van der Waals surface area contributed by atoms with Gasteiger partial charge < -0.3 is 16.2 Å². The Morgan fingerprint density at radius 1 is 1.75 bits per heavy atom. The van der Waals surface area contributed by atoms with E-state index in [1.54, 1.807) is 0 Å². The SMILES string of the molecule is NCC1C[C@H](O)CN1. The third-order valence-corrected chi connectivity index (χ3v) is 1.48. The summed E-state index contributed by atoms with van der Waals surface area (Å²) < 4.78 is 0. The third-order valence-electron chi connectivity index (χ3n) is 1.48. The number of aliphatic hydroxyl groups is 1. The first-order valence-corrected chi connectivity index (χ1v) is 2.94. The van der Waals surface area contributed by atoms with Crippen LogP contribution in [0.15, 0.2) is 0 Å². The van der Waals surface area contributed by atoms with Gasteiger partial charge in [-0.05, 0) is 6.42 Å². The van der Waals surface area contributed by atoms with Crippen LogP contribution in [0.25, 0.3) is 0 Å². The summed E-state index contributed by atoms with van der Waals surface area (Å²) >= 11 is 0. The van der Waals surface area contributed by atoms with Crippen LogP contribution in [0.5, 0.6) is 0 Å². The molecular formula is C5H12N2O. The van der Waals surface area contributed by atoms with Crippen molar-refractivity contribution in [2.24, 2.45) is 5.73 Å². The highest BCUT2D eigenvalue weighted by atomic mass is 16.3. The fourth-order valence-electron chi connectivity index (χ4n) is 0.977. The van der Waals surface area contributed by atoms with Gasteiger partial charge in [-0.3, -0.25) is 0 Å². The highest BCUT2D eigenvalue weighted by molar-refractivity contribution is 4.80. The second kappa shape index (κ2) is 2.44. The number of aliphatic hydroxyl groups excluding tert-OH is 1. The molecule has 0 aromatic rings. The van der Waals surface area contributed by atoms with Crippen LogP contribution in [-0.2, 0) is 0 Å². The van der Waals surface area contributed by atoms with Gasteiger partial charge in [-0.15, -0.1) is 0 Å². The lowest BCUT2D eigenvalue weighted by molar-refractivity contribution is 0.193. The van der Waals surface area contributed by atoms with Crippen molar-refractivity contribution in [2.45, 2.75) is 18.6 Å². The third kappa shape index (κ3) is 1.18. The lowest BCUT2D eigenvalue weighted by Gasteiger charge is -2.02. The number of nitrogens with two attached hydrogens (primary N) is 1. The molecule has 2 atom stereocenters. The number of hydrogen-bond acceptors (Lipinski definition) is 3. The molecule has 1 heterocycles. The van der Waals surface area contributed by atoms with Crippen LogP contribution in [0.1, 0.15) is 6.42 Å². The summed E-state index contributed by atoms with van der Waals surface area (Å²) in [5.41, 5.74) is 5.32. The van der Waals surface area contributed by atoms with E-state index >= 15 is 0 Å². The van der Waals surface area contributed by atoms with E-state index < -0.39 is 0 Å². The molecule has 48 valence electrons. The fourth-order valence-corrected chi connectivity index (χ4v) is 0.977. The monoisotopic (exact) mass is 116 g/mol. The molecule has 0 saturated carbocycles. The minimum Gasteiger partial charge on any atom is -0.392 e. The van der Waals surface area contributed by atoms with Gasteiger partial charge in [-0.25, -0.2) is 0 Å². The second-order valence-corrected chi connectivity index (χ2v) is 2.23. The molecule has 0 amide bonds. The van der Waals surface area contributed by atoms with Crippen LogP contribution in [0.4, 0.5) is 0 Å². The van der Waals surface area contributed by atoms with E-state index in [1.807, 2.05) is 0 Å². The van der Waals surface area contributed by atoms with E-state index in [-0.39, 0.29) is 6.10 Å². The van der Waals surface area contributed by atoms with E-state index in [1.165, 1.54) is 0 Å². The Morgan fingerprint density at radius 2 is 2.50 bits per heavy atom. The molecule has 0 spiro atoms. The number of hydrogen-bond donors (Lipinski definition) is 3. The van der Waals surface area contributed by atoms with Crippen molar-refractivity contribution in [3.8, 4) is 0 Å². The van der Waals surface area contributed by atoms with E-state index in [0.29, 0.717) is 19.1 Å². The smallest absolute Gasteiger partial charge is 0.0680 e. The zero-order chi connectivity index (χ0) is 5.98. The minimum absolute atomic E-state index is 0.163. The lowest BCUT2D eigenvalue weighted by Crippen LogP contribution is -2.29. The predicted molar refractivity (Wildman–Crippen MR) is 31.5 cm³/mol. The van der Waals surface area contributed by atoms with Crippen molar-refractivity contribution in [1.29, 1.82) is 0 Å². The number of nitrogens with one attached hydrogen (secondary N) is 1. The first-order chi connectivity index (χ1) is 3.83. The molecule has 4 N–H and O–H groups in total. The van der Waals surface area contributed by atoms with Gasteiger partial charge in [0.1, 0.15) is 0 Å². The van der Waals surface area contributed by atoms with Gasteiger partial charge in [0, 0.05) is 19.1 Å². The molecule has 1 fully saturated rings. The maximum atomic E-state index is 8.91. The quantitative estimate of drug-likeness (QED) is 0.398. The van der Waals surface area contributed by atoms with E-state index in [0.717, 1.165) is 6.42 Å². The van der Waals surface area contributed by atoms with Gasteiger partial charge in [0.2, 0.25) is 0 Å². The standard InChI is InChI=1S/C5H12N2O/c6-2-4-1-5(8)3-7-4/h4-5,7-8H,1-3,6H2/t4?,5-/m0/s1. The molecule has 3 heteroatoms. The Labute approximate surface area is 48.9 Å². The van der Waals surface area contributed by atoms with Crippen molar-refractivity contribution in [1.82, 2.24) is 5.32 Å². The highest BCUT2D eigenvalue weighted by Crippen LogP contribution is 2.03. The summed E-state index contributed by atoms with van der Waals surface area (Å²) in [5, 5.41) is 12.0. The fraction of sp³-hybridized carbons (Fsp3) is 1.00. The predicted octanol–water partition coefficient (Wildman–Crippen LogP) is -1.33. The Hall–Kier alpha value is -0.120. The lowest BCUT2D eigenvalue weighted by atomic mass is 10.2. The van der Waals surface area contributed by atoms with Crippen LogP contribution in [0.3, 0.4) is 0 Å². The van der Waals surface area contributed by atoms with Gasteiger partial charge in [-0.1, -0.05) is 0 Å². The summed E-state index contributed by atoms with van der Waals surface area (Å²) in [6, 6.07) is 0.352. The van der Waals surface area contributed by atoms with Crippen molar-refractivity contribution in [2.75, 3.05) is 13.1 Å². The summed E-state index contributed by atoms with van der Waals surface area (Å²) in [4.78, 5) is 0. The molecular weight excluding hydrogens is 104 g/mol. The van der Waals surface area contributed by atoms with Gasteiger partial charge >= 0.3 is 0 Å². The topological polar surface area (TPSA) is 58.3 Å². The zero-order valence-electron chi connectivity index (χ0n) is 4.80. The van der Waals surface area contributed by atoms with Gasteiger partial charge in [-0.2, -0.15) is 0 Å². The number of β-amino-alcohol motifs (C(OH)–C–C–N with tert-alkyl or cyclic N) is 1. The van der Waals surface area contributed by atoms with E-state index in [9.17, 15) is 0 Å². The Kier molecular flexibility index (Phi) is 1.83. The van der Waals surface area contributed by atoms with Crippen LogP contribution >= 0.6 is 0 Å². The van der Waals surface area contributed by atoms with Gasteiger partial charge in [0.15, 0.2) is 0 Å². The van der Waals surface area contributed by atoms with Gasteiger partial charge in [0.25, 0.3) is 0 Å². The largest absolute Gasteiger partial charge is 0.392 e. The first kappa shape index (κ1) is 6.01. The maximum absolute atomic E-state index is 8.91. The normalized spacial score (nSPS) is 38.2. The molecule has 1 unspecified atom stereocenters. The molecule has 0 bridgehead atoms. The van der Waals surface area contributed by atoms with Crippen LogP contribution in [-0.4, -0.2) is 30.3 Å². The molecule has 3 nitrogen and oxygen atoms in total. The summed E-state index contributed by atoms with van der Waals surface area (Å²) in [6.07, 6.45) is 0.653. The highest BCUT2D eigenvalue weighted by Gasteiger charge is 2.19. The molecule has 1 saturated heterocycles. The second-order valence-electron chi connectivity index (χ2n) is 2.23. The van der Waals surface area contributed by atoms with Crippen molar-refractivity contribution in [3.63, 3.8) is 0 Å². The van der Waals surface area contributed by atoms with Crippen LogP contribution < -0.4 is 11.1 Å². The molecule has 1 rings (SSSR count). The van der Waals surface area contributed by atoms with Crippen molar-refractivity contribution < 1.29 is 5.11 Å². The average Bonchev–Trinajstić information content (AvgIpc) is 2.14. The van der Waals surface area contributed by atoms with Crippen molar-refractivity contribution in [3.05, 3.63) is 0 Å². The Bertz CT molecular complexity index is 76.8. The summed E-state index contributed by atoms with van der Waals surface area (Å²) in [6.45, 7) is 1.35. The van der Waals surface area contributed by atoms with Crippen LogP contribution in [0.2, 0.25) is 0 Å². The van der Waals surface area contributed by atoms with Gasteiger partial charge in [0.05, 0.1) is 6.10 Å². The minimum atomic E-state index is -0.163. The Morgan fingerprint density at radius 3 is 2.75 bits per heavy atom. The molecule has 0 aromatic carbocycles. The average molecular weight is 116 g/mol. The number of rotatable bonds is 1. The molecule has 8 heavy (non-hydrogen) atoms. The van der Waals surface area contributed by atoms with Crippen molar-refractivity contribution >= 4 is 0 Å². The Balaban J connectivity index is 2.22. The molecule has 0 aromatic heterocycles. The molecule has 1 aliphatic rings. The zero-order valence-corrected chi connectivity index (χ0v) is 4.80. The summed E-state index contributed by atoms with van der Waals surface area (Å²) in [5.74, 6) is 0. The van der Waals surface area contributed by atoms with E-state index in [4.69, 9.17) is 10.8 Å².